The lowest BCUT2D eigenvalue weighted by atomic mass is 9.96. The molecule has 134 valence electrons. The monoisotopic (exact) mass is 454 g/mol. The van der Waals surface area contributed by atoms with Crippen molar-refractivity contribution >= 4 is 29.9 Å². The van der Waals surface area contributed by atoms with E-state index in [9.17, 15) is 0 Å². The van der Waals surface area contributed by atoms with Crippen molar-refractivity contribution in [1.29, 1.82) is 0 Å². The number of ether oxygens (including phenoxy) is 1. The molecule has 1 aromatic carbocycles. The Bertz CT molecular complexity index is 719. The summed E-state index contributed by atoms with van der Waals surface area (Å²) in [5.41, 5.74) is 1.89. The van der Waals surface area contributed by atoms with E-state index >= 15 is 0 Å². The van der Waals surface area contributed by atoms with Crippen LogP contribution in [0.4, 0.5) is 0 Å². The highest BCUT2D eigenvalue weighted by Crippen LogP contribution is 2.34. The molecule has 2 aliphatic rings. The number of rotatable bonds is 4. The van der Waals surface area contributed by atoms with E-state index in [0.717, 1.165) is 35.8 Å². The summed E-state index contributed by atoms with van der Waals surface area (Å²) >= 11 is 0. The molecule has 3 heterocycles. The molecule has 6 nitrogen and oxygen atoms in total. The van der Waals surface area contributed by atoms with Crippen molar-refractivity contribution in [3.8, 4) is 11.3 Å². The van der Waals surface area contributed by atoms with Crippen LogP contribution in [0.3, 0.4) is 0 Å². The zero-order chi connectivity index (χ0) is 16.4. The maximum absolute atomic E-state index is 5.87. The van der Waals surface area contributed by atoms with Gasteiger partial charge in [-0.25, -0.2) is 0 Å². The van der Waals surface area contributed by atoms with Crippen LogP contribution in [0.2, 0.25) is 0 Å². The zero-order valence-electron chi connectivity index (χ0n) is 14.1. The van der Waals surface area contributed by atoms with E-state index in [0.29, 0.717) is 24.8 Å². The van der Waals surface area contributed by atoms with Gasteiger partial charge in [-0.15, -0.1) is 24.0 Å². The van der Waals surface area contributed by atoms with Gasteiger partial charge in [0.2, 0.25) is 0 Å². The molecule has 2 fully saturated rings. The quantitative estimate of drug-likeness (QED) is 0.423. The van der Waals surface area contributed by atoms with Gasteiger partial charge in [-0.1, -0.05) is 35.5 Å². The summed E-state index contributed by atoms with van der Waals surface area (Å²) in [4.78, 5) is 4.29. The summed E-state index contributed by atoms with van der Waals surface area (Å²) in [5, 5.41) is 10.9. The van der Waals surface area contributed by atoms with Gasteiger partial charge in [0.1, 0.15) is 5.69 Å². The summed E-state index contributed by atoms with van der Waals surface area (Å²) in [6, 6.07) is 12.3. The van der Waals surface area contributed by atoms with E-state index in [4.69, 9.17) is 9.26 Å². The lowest BCUT2D eigenvalue weighted by molar-refractivity contribution is 0.0992. The molecule has 0 amide bonds. The first-order chi connectivity index (χ1) is 11.8. The Balaban J connectivity index is 0.00000182. The highest BCUT2D eigenvalue weighted by atomic mass is 127. The molecule has 4 rings (SSSR count). The smallest absolute Gasteiger partial charge is 0.191 e. The number of hydrogen-bond acceptors (Lipinski definition) is 4. The van der Waals surface area contributed by atoms with Crippen LogP contribution in [-0.2, 0) is 11.3 Å². The van der Waals surface area contributed by atoms with Crippen LogP contribution in [-0.4, -0.2) is 36.4 Å². The Labute approximate surface area is 164 Å². The van der Waals surface area contributed by atoms with Crippen molar-refractivity contribution in [3.05, 3.63) is 42.2 Å². The van der Waals surface area contributed by atoms with Crippen LogP contribution >= 0.6 is 24.0 Å². The SMILES string of the molecule is CN=C(NCc1cc(-c2ccccc2)no1)NC1CC2CCC1O2.I. The minimum atomic E-state index is 0. The molecule has 2 bridgehead atoms. The number of fused-ring (bicyclic) bond motifs is 2. The van der Waals surface area contributed by atoms with Gasteiger partial charge in [0, 0.05) is 18.7 Å². The number of aliphatic imine (C=N–C) groups is 1. The zero-order valence-corrected chi connectivity index (χ0v) is 16.5. The Kier molecular flexibility index (Phi) is 5.95. The van der Waals surface area contributed by atoms with Crippen LogP contribution in [0.15, 0.2) is 45.9 Å². The van der Waals surface area contributed by atoms with Gasteiger partial charge < -0.3 is 19.9 Å². The Hall–Kier alpha value is -1.61. The minimum absolute atomic E-state index is 0. The van der Waals surface area contributed by atoms with Gasteiger partial charge in [0.15, 0.2) is 11.7 Å². The number of hydrogen-bond donors (Lipinski definition) is 2. The Morgan fingerprint density at radius 3 is 2.80 bits per heavy atom. The average molecular weight is 454 g/mol. The van der Waals surface area contributed by atoms with Crippen LogP contribution in [0.1, 0.15) is 25.0 Å². The largest absolute Gasteiger partial charge is 0.373 e. The number of halogens is 1. The van der Waals surface area contributed by atoms with Crippen molar-refractivity contribution in [3.63, 3.8) is 0 Å². The van der Waals surface area contributed by atoms with E-state index in [1.807, 2.05) is 36.4 Å². The van der Waals surface area contributed by atoms with E-state index in [2.05, 4.69) is 20.8 Å². The number of nitrogens with one attached hydrogen (secondary N) is 2. The molecule has 1 aromatic heterocycles. The van der Waals surface area contributed by atoms with E-state index in [1.54, 1.807) is 7.05 Å². The van der Waals surface area contributed by atoms with Crippen molar-refractivity contribution in [2.45, 2.75) is 44.1 Å². The van der Waals surface area contributed by atoms with Crippen LogP contribution in [0, 0.1) is 0 Å². The number of guanidine groups is 1. The molecule has 7 heteroatoms. The molecular weight excluding hydrogens is 431 g/mol. The van der Waals surface area contributed by atoms with E-state index in [-0.39, 0.29) is 24.0 Å². The van der Waals surface area contributed by atoms with Gasteiger partial charge in [-0.2, -0.15) is 0 Å². The first kappa shape index (κ1) is 18.2. The second kappa shape index (κ2) is 8.18. The third-order valence-corrected chi connectivity index (χ3v) is 4.71. The number of nitrogens with zero attached hydrogens (tertiary/aromatic N) is 2. The molecule has 25 heavy (non-hydrogen) atoms. The highest BCUT2D eigenvalue weighted by Gasteiger charge is 2.41. The molecular formula is C18H23IN4O2. The molecule has 2 aromatic rings. The first-order valence-electron chi connectivity index (χ1n) is 8.45. The predicted molar refractivity (Wildman–Crippen MR) is 107 cm³/mol. The molecule has 2 saturated heterocycles. The number of aromatic nitrogens is 1. The molecule has 3 unspecified atom stereocenters. The van der Waals surface area contributed by atoms with Gasteiger partial charge in [-0.3, -0.25) is 4.99 Å². The van der Waals surface area contributed by atoms with Crippen molar-refractivity contribution < 1.29 is 9.26 Å². The molecule has 0 radical (unpaired) electrons. The van der Waals surface area contributed by atoms with Crippen molar-refractivity contribution in [2.24, 2.45) is 4.99 Å². The fourth-order valence-corrected chi connectivity index (χ4v) is 3.47. The lowest BCUT2D eigenvalue weighted by Gasteiger charge is -2.22. The minimum Gasteiger partial charge on any atom is -0.373 e. The summed E-state index contributed by atoms with van der Waals surface area (Å²) in [6.07, 6.45) is 4.14. The maximum Gasteiger partial charge on any atom is 0.191 e. The van der Waals surface area contributed by atoms with Crippen molar-refractivity contribution in [2.75, 3.05) is 7.05 Å². The fraction of sp³-hybridized carbons (Fsp3) is 0.444. The first-order valence-corrected chi connectivity index (χ1v) is 8.45. The van der Waals surface area contributed by atoms with E-state index < -0.39 is 0 Å². The molecule has 0 saturated carbocycles. The van der Waals surface area contributed by atoms with Crippen molar-refractivity contribution in [1.82, 2.24) is 15.8 Å². The Morgan fingerprint density at radius 1 is 1.28 bits per heavy atom. The predicted octanol–water partition coefficient (Wildman–Crippen LogP) is 2.94. The van der Waals surface area contributed by atoms with Gasteiger partial charge in [0.25, 0.3) is 0 Å². The second-order valence-electron chi connectivity index (χ2n) is 6.33. The Morgan fingerprint density at radius 2 is 2.12 bits per heavy atom. The fourth-order valence-electron chi connectivity index (χ4n) is 3.47. The van der Waals surface area contributed by atoms with Gasteiger partial charge in [-0.05, 0) is 19.3 Å². The third kappa shape index (κ3) is 4.14. The molecule has 3 atom stereocenters. The normalized spacial score (nSPS) is 24.8. The second-order valence-corrected chi connectivity index (χ2v) is 6.33. The highest BCUT2D eigenvalue weighted by molar-refractivity contribution is 14.0. The van der Waals surface area contributed by atoms with E-state index in [1.165, 1.54) is 6.42 Å². The molecule has 0 spiro atoms. The van der Waals surface area contributed by atoms with Crippen LogP contribution in [0.25, 0.3) is 11.3 Å². The van der Waals surface area contributed by atoms with Gasteiger partial charge in [0.05, 0.1) is 24.8 Å². The molecule has 2 N–H and O–H groups in total. The van der Waals surface area contributed by atoms with Crippen LogP contribution in [0.5, 0.6) is 0 Å². The summed E-state index contributed by atoms with van der Waals surface area (Å²) in [6.45, 7) is 0.543. The summed E-state index contributed by atoms with van der Waals surface area (Å²) in [5.74, 6) is 1.55. The number of benzene rings is 1. The summed E-state index contributed by atoms with van der Waals surface area (Å²) < 4.78 is 11.3. The average Bonchev–Trinajstić information content (AvgIpc) is 3.36. The summed E-state index contributed by atoms with van der Waals surface area (Å²) in [7, 11) is 1.78. The third-order valence-electron chi connectivity index (χ3n) is 4.71. The topological polar surface area (TPSA) is 71.7 Å². The molecule has 2 aliphatic heterocycles. The standard InChI is InChI=1S/C18H22N4O2.HI/c1-19-18(21-16-9-13-7-8-17(16)23-13)20-11-14-10-15(22-24-14)12-5-3-2-4-6-12;/h2-6,10,13,16-17H,7-9,11H2,1H3,(H2,19,20,21);1H. The van der Waals surface area contributed by atoms with Crippen LogP contribution < -0.4 is 10.6 Å². The lowest BCUT2D eigenvalue weighted by Crippen LogP contribution is -2.47. The van der Waals surface area contributed by atoms with Gasteiger partial charge >= 0.3 is 0 Å². The molecule has 0 aliphatic carbocycles. The maximum atomic E-state index is 5.87.